The molecule has 0 amide bonds. The molecule has 0 saturated carbocycles. The van der Waals surface area contributed by atoms with Crippen LogP contribution in [0, 0.1) is 5.41 Å². The minimum Gasteiger partial charge on any atom is -0.373 e. The Morgan fingerprint density at radius 2 is 2.04 bits per heavy atom. The van der Waals surface area contributed by atoms with Gasteiger partial charge < -0.3 is 15.4 Å². The van der Waals surface area contributed by atoms with Crippen LogP contribution in [-0.4, -0.2) is 36.8 Å². The lowest BCUT2D eigenvalue weighted by atomic mass is 9.96. The van der Waals surface area contributed by atoms with Crippen LogP contribution in [-0.2, 0) is 4.74 Å². The quantitative estimate of drug-likeness (QED) is 0.880. The van der Waals surface area contributed by atoms with Gasteiger partial charge in [0, 0.05) is 30.9 Å². The molecule has 1 aromatic rings. The first-order chi connectivity index (χ1) is 12.3. The molecule has 1 unspecified atom stereocenters. The number of ether oxygens (including phenoxy) is 1. The van der Waals surface area contributed by atoms with Crippen molar-refractivity contribution in [1.29, 1.82) is 0 Å². The molecule has 1 aromatic heterocycles. The molecule has 0 radical (unpaired) electrons. The van der Waals surface area contributed by atoms with Crippen molar-refractivity contribution in [3.63, 3.8) is 0 Å². The molecule has 0 spiro atoms. The third kappa shape index (κ3) is 4.92. The first-order valence-corrected chi connectivity index (χ1v) is 9.48. The molecule has 4 nitrogen and oxygen atoms in total. The molecule has 2 N–H and O–H groups in total. The summed E-state index contributed by atoms with van der Waals surface area (Å²) >= 11 is 0. The van der Waals surface area contributed by atoms with E-state index in [0.29, 0.717) is 18.6 Å². The van der Waals surface area contributed by atoms with Crippen molar-refractivity contribution < 1.29 is 9.13 Å². The Balaban J connectivity index is 1.77. The molecule has 142 valence electrons. The highest BCUT2D eigenvalue weighted by atomic mass is 19.1. The second-order valence-corrected chi connectivity index (χ2v) is 8.51. The van der Waals surface area contributed by atoms with Crippen molar-refractivity contribution in [3.05, 3.63) is 41.9 Å². The number of rotatable bonds is 4. The maximum Gasteiger partial charge on any atom is 0.129 e. The molecule has 5 heteroatoms. The Labute approximate surface area is 155 Å². The smallest absolute Gasteiger partial charge is 0.129 e. The van der Waals surface area contributed by atoms with Gasteiger partial charge in [-0.25, -0.2) is 9.37 Å². The van der Waals surface area contributed by atoms with Crippen molar-refractivity contribution in [1.82, 2.24) is 4.98 Å². The third-order valence-corrected chi connectivity index (χ3v) is 4.79. The average molecular weight is 359 g/mol. The number of hydrogen-bond acceptors (Lipinski definition) is 4. The molecular formula is C21H30FN3O. The maximum atomic E-state index is 14.5. The summed E-state index contributed by atoms with van der Waals surface area (Å²) < 4.78 is 20.5. The lowest BCUT2D eigenvalue weighted by Crippen LogP contribution is -2.40. The normalized spacial score (nSPS) is 22.2. The molecule has 1 atom stereocenters. The summed E-state index contributed by atoms with van der Waals surface area (Å²) in [6.45, 7) is 8.84. The highest BCUT2D eigenvalue weighted by molar-refractivity contribution is 5.79. The van der Waals surface area contributed by atoms with E-state index in [1.54, 1.807) is 12.3 Å². The minimum absolute atomic E-state index is 0.0895. The Hall–Kier alpha value is -1.72. The molecule has 1 saturated heterocycles. The monoisotopic (exact) mass is 359 g/mol. The van der Waals surface area contributed by atoms with Crippen LogP contribution in [0.1, 0.15) is 45.6 Å². The van der Waals surface area contributed by atoms with Gasteiger partial charge in [-0.3, -0.25) is 0 Å². The summed E-state index contributed by atoms with van der Waals surface area (Å²) in [5, 5.41) is 0. The van der Waals surface area contributed by atoms with Gasteiger partial charge in [0.25, 0.3) is 0 Å². The van der Waals surface area contributed by atoms with Crippen LogP contribution in [0.4, 0.5) is 10.2 Å². The summed E-state index contributed by atoms with van der Waals surface area (Å²) in [6, 6.07) is 4.11. The number of piperidine rings is 1. The molecule has 1 aliphatic carbocycles. The van der Waals surface area contributed by atoms with Gasteiger partial charge in [-0.2, -0.15) is 0 Å². The van der Waals surface area contributed by atoms with E-state index in [2.05, 4.69) is 30.7 Å². The Morgan fingerprint density at radius 3 is 2.73 bits per heavy atom. The number of anilines is 1. The highest BCUT2D eigenvalue weighted by Crippen LogP contribution is 2.32. The van der Waals surface area contributed by atoms with Crippen LogP contribution in [0.3, 0.4) is 0 Å². The van der Waals surface area contributed by atoms with Crippen LogP contribution in [0.2, 0.25) is 0 Å². The second kappa shape index (κ2) is 7.89. The van der Waals surface area contributed by atoms with Gasteiger partial charge in [0.1, 0.15) is 11.6 Å². The lowest BCUT2D eigenvalue weighted by Gasteiger charge is -2.31. The Bertz CT molecular complexity index is 685. The lowest BCUT2D eigenvalue weighted by molar-refractivity contribution is 0.0345. The summed E-state index contributed by atoms with van der Waals surface area (Å²) in [5.41, 5.74) is 7.53. The van der Waals surface area contributed by atoms with Crippen LogP contribution < -0.4 is 10.6 Å². The summed E-state index contributed by atoms with van der Waals surface area (Å²) in [6.07, 6.45) is 7.71. The fourth-order valence-electron chi connectivity index (χ4n) is 3.26. The molecule has 26 heavy (non-hydrogen) atoms. The summed E-state index contributed by atoms with van der Waals surface area (Å²) in [4.78, 5) is 6.71. The molecular weight excluding hydrogens is 329 g/mol. The topological polar surface area (TPSA) is 51.4 Å². The van der Waals surface area contributed by atoms with Crippen LogP contribution in [0.5, 0.6) is 0 Å². The molecule has 1 aliphatic heterocycles. The van der Waals surface area contributed by atoms with E-state index in [4.69, 9.17) is 10.5 Å². The largest absolute Gasteiger partial charge is 0.373 e. The Morgan fingerprint density at radius 1 is 1.31 bits per heavy atom. The zero-order valence-electron chi connectivity index (χ0n) is 16.0. The fraction of sp³-hybridized carbons (Fsp3) is 0.571. The molecule has 0 aromatic carbocycles. The van der Waals surface area contributed by atoms with E-state index < -0.39 is 0 Å². The fourth-order valence-corrected chi connectivity index (χ4v) is 3.26. The Kier molecular flexibility index (Phi) is 5.78. The SMILES string of the molecule is CC(C)(C)COC1C=C(c2ccnc(N3CCC(N)CC3)c2)C(F)=CC1. The van der Waals surface area contributed by atoms with Crippen LogP contribution in [0.25, 0.3) is 5.57 Å². The zero-order valence-corrected chi connectivity index (χ0v) is 16.0. The molecule has 3 rings (SSSR count). The van der Waals surface area contributed by atoms with E-state index >= 15 is 0 Å². The standard InChI is InChI=1S/C21H30FN3O/c1-21(2,3)14-26-17-4-5-19(22)18(13-17)15-6-9-24-20(12-15)25-10-7-16(23)8-11-25/h5-6,9,12-13,16-17H,4,7-8,10-11,14,23H2,1-3H3. The molecule has 1 fully saturated rings. The predicted molar refractivity (Wildman–Crippen MR) is 105 cm³/mol. The van der Waals surface area contributed by atoms with Crippen molar-refractivity contribution >= 4 is 11.4 Å². The number of allylic oxidation sites excluding steroid dienone is 2. The number of hydrogen-bond donors (Lipinski definition) is 1. The summed E-state index contributed by atoms with van der Waals surface area (Å²) in [5.74, 6) is 0.708. The zero-order chi connectivity index (χ0) is 18.7. The van der Waals surface area contributed by atoms with E-state index in [1.807, 2.05) is 18.2 Å². The van der Waals surface area contributed by atoms with Gasteiger partial charge in [-0.15, -0.1) is 0 Å². The van der Waals surface area contributed by atoms with Crippen molar-refractivity contribution in [3.8, 4) is 0 Å². The molecule has 2 aliphatic rings. The second-order valence-electron chi connectivity index (χ2n) is 8.51. The minimum atomic E-state index is -0.182. The van der Waals surface area contributed by atoms with Gasteiger partial charge in [0.15, 0.2) is 0 Å². The van der Waals surface area contributed by atoms with Gasteiger partial charge in [0.2, 0.25) is 0 Å². The molecule has 0 bridgehead atoms. The van der Waals surface area contributed by atoms with E-state index in [9.17, 15) is 4.39 Å². The molecule has 2 heterocycles. The van der Waals surface area contributed by atoms with E-state index in [-0.39, 0.29) is 23.4 Å². The van der Waals surface area contributed by atoms with Crippen molar-refractivity contribution in [2.75, 3.05) is 24.6 Å². The van der Waals surface area contributed by atoms with Crippen LogP contribution >= 0.6 is 0 Å². The first kappa shape index (κ1) is 19.1. The predicted octanol–water partition coefficient (Wildman–Crippen LogP) is 4.08. The summed E-state index contributed by atoms with van der Waals surface area (Å²) in [7, 11) is 0. The number of pyridine rings is 1. The van der Waals surface area contributed by atoms with Crippen LogP contribution in [0.15, 0.2) is 36.3 Å². The van der Waals surface area contributed by atoms with Crippen molar-refractivity contribution in [2.45, 2.75) is 52.2 Å². The van der Waals surface area contributed by atoms with Gasteiger partial charge in [0.05, 0.1) is 12.7 Å². The number of nitrogens with two attached hydrogens (primary N) is 1. The highest BCUT2D eigenvalue weighted by Gasteiger charge is 2.22. The van der Waals surface area contributed by atoms with Gasteiger partial charge in [-0.05, 0) is 54.5 Å². The third-order valence-electron chi connectivity index (χ3n) is 4.79. The number of aromatic nitrogens is 1. The van der Waals surface area contributed by atoms with E-state index in [1.165, 1.54) is 0 Å². The van der Waals surface area contributed by atoms with Crippen molar-refractivity contribution in [2.24, 2.45) is 11.1 Å². The van der Waals surface area contributed by atoms with E-state index in [0.717, 1.165) is 37.3 Å². The maximum absolute atomic E-state index is 14.5. The average Bonchev–Trinajstić information content (AvgIpc) is 2.61. The van der Waals surface area contributed by atoms with Gasteiger partial charge >= 0.3 is 0 Å². The van der Waals surface area contributed by atoms with Gasteiger partial charge in [-0.1, -0.05) is 20.8 Å². The number of nitrogens with zero attached hydrogens (tertiary/aromatic N) is 2. The first-order valence-electron chi connectivity index (χ1n) is 9.48. The number of halogens is 1.